The fourth-order valence-electron chi connectivity index (χ4n) is 2.82. The van der Waals surface area contributed by atoms with Gasteiger partial charge in [-0.3, -0.25) is 9.78 Å². The molecule has 0 unspecified atom stereocenters. The number of alkyl halides is 3. The molecule has 0 saturated heterocycles. The van der Waals surface area contributed by atoms with Crippen LogP contribution in [-0.2, 0) is 0 Å². The van der Waals surface area contributed by atoms with Crippen LogP contribution in [0.1, 0.15) is 35.8 Å². The van der Waals surface area contributed by atoms with Gasteiger partial charge in [-0.15, -0.1) is 13.2 Å². The van der Waals surface area contributed by atoms with Crippen LogP contribution in [0.25, 0.3) is 11.5 Å². The predicted molar refractivity (Wildman–Crippen MR) is 99.4 cm³/mol. The van der Waals surface area contributed by atoms with Gasteiger partial charge in [0.05, 0.1) is 17.8 Å². The second-order valence-electron chi connectivity index (χ2n) is 6.96. The fourth-order valence-corrected chi connectivity index (χ4v) is 2.82. The number of halogens is 3. The average molecular weight is 421 g/mol. The topological polar surface area (TPSA) is 97.5 Å². The van der Waals surface area contributed by atoms with E-state index in [2.05, 4.69) is 20.2 Å². The first kappa shape index (κ1) is 21.3. The number of aromatic nitrogens is 2. The van der Waals surface area contributed by atoms with Crippen LogP contribution in [0.4, 0.5) is 13.2 Å². The Labute approximate surface area is 169 Å². The molecule has 2 aromatic heterocycles. The molecule has 1 amide bonds. The molecule has 1 aromatic carbocycles. The molecule has 30 heavy (non-hydrogen) atoms. The average Bonchev–Trinajstić information content (AvgIpc) is 3.15. The van der Waals surface area contributed by atoms with Gasteiger partial charge in [0.2, 0.25) is 0 Å². The monoisotopic (exact) mass is 421 g/mol. The Morgan fingerprint density at radius 3 is 2.43 bits per heavy atom. The lowest BCUT2D eigenvalue weighted by Crippen LogP contribution is -2.42. The van der Waals surface area contributed by atoms with Gasteiger partial charge in [-0.25, -0.2) is 0 Å². The number of aliphatic hydroxyl groups is 1. The van der Waals surface area contributed by atoms with Crippen LogP contribution in [0.2, 0.25) is 0 Å². The lowest BCUT2D eigenvalue weighted by atomic mass is 9.91. The first-order valence-electron chi connectivity index (χ1n) is 8.79. The van der Waals surface area contributed by atoms with Gasteiger partial charge in [-0.05, 0) is 43.7 Å². The van der Waals surface area contributed by atoms with Crippen molar-refractivity contribution in [2.45, 2.75) is 31.9 Å². The van der Waals surface area contributed by atoms with E-state index in [0.29, 0.717) is 11.3 Å². The Hall–Kier alpha value is -3.40. The van der Waals surface area contributed by atoms with Crippen LogP contribution in [0.15, 0.2) is 59.4 Å². The molecule has 2 N–H and O–H groups in total. The van der Waals surface area contributed by atoms with Gasteiger partial charge >= 0.3 is 6.36 Å². The van der Waals surface area contributed by atoms with Crippen LogP contribution >= 0.6 is 0 Å². The van der Waals surface area contributed by atoms with E-state index in [9.17, 15) is 23.1 Å². The predicted octanol–water partition coefficient (Wildman–Crippen LogP) is 3.88. The maximum Gasteiger partial charge on any atom is 0.573 e. The van der Waals surface area contributed by atoms with E-state index in [0.717, 1.165) is 12.1 Å². The van der Waals surface area contributed by atoms with Gasteiger partial charge in [0.15, 0.2) is 5.76 Å². The maximum atomic E-state index is 12.9. The summed E-state index contributed by atoms with van der Waals surface area (Å²) in [6, 6.07) is 8.99. The maximum absolute atomic E-state index is 12.9. The fraction of sp³-hybridized carbons (Fsp3) is 0.250. The van der Waals surface area contributed by atoms with Gasteiger partial charge in [0, 0.05) is 6.20 Å². The number of carbonyl (C=O) groups is 1. The summed E-state index contributed by atoms with van der Waals surface area (Å²) in [6.45, 7) is 2.93. The van der Waals surface area contributed by atoms with E-state index in [1.54, 1.807) is 18.2 Å². The molecule has 3 rings (SSSR count). The van der Waals surface area contributed by atoms with Gasteiger partial charge in [-0.1, -0.05) is 23.4 Å². The zero-order valence-corrected chi connectivity index (χ0v) is 16.0. The molecule has 10 heteroatoms. The molecule has 0 aliphatic carbocycles. The standard InChI is InChI=1S/C20H18F3N3O4/c1-19(2,28)17(12-6-8-13(9-7-12)29-20(21,22)23)26-18(27)14-11-25-30-16(14)15-5-3-4-10-24-15/h3-11,17,28H,1-2H3,(H,26,27)/t17-/m0/s1. The third kappa shape index (κ3) is 5.15. The summed E-state index contributed by atoms with van der Waals surface area (Å²) in [5.74, 6) is -0.861. The summed E-state index contributed by atoms with van der Waals surface area (Å²) in [4.78, 5) is 17.0. The molecule has 0 fully saturated rings. The van der Waals surface area contributed by atoms with Crippen molar-refractivity contribution in [2.24, 2.45) is 0 Å². The second kappa shape index (κ2) is 8.15. The Morgan fingerprint density at radius 1 is 1.17 bits per heavy atom. The zero-order valence-electron chi connectivity index (χ0n) is 16.0. The van der Waals surface area contributed by atoms with Crippen LogP contribution in [0.3, 0.4) is 0 Å². The van der Waals surface area contributed by atoms with Crippen molar-refractivity contribution in [2.75, 3.05) is 0 Å². The Kier molecular flexibility index (Phi) is 5.79. The summed E-state index contributed by atoms with van der Waals surface area (Å²) in [5.41, 5.74) is -0.570. The van der Waals surface area contributed by atoms with E-state index in [-0.39, 0.29) is 11.3 Å². The normalized spacial score (nSPS) is 13.0. The number of hydrogen-bond acceptors (Lipinski definition) is 6. The molecule has 0 aliphatic heterocycles. The summed E-state index contributed by atoms with van der Waals surface area (Å²) < 4.78 is 46.1. The molecule has 2 heterocycles. The SMILES string of the molecule is CC(C)(O)[C@@H](NC(=O)c1cnoc1-c1ccccn1)c1ccc(OC(F)(F)F)cc1. The van der Waals surface area contributed by atoms with Gasteiger partial charge in [-0.2, -0.15) is 0 Å². The molecular weight excluding hydrogens is 403 g/mol. The third-order valence-electron chi connectivity index (χ3n) is 4.14. The first-order chi connectivity index (χ1) is 14.0. The van der Waals surface area contributed by atoms with Crippen LogP contribution in [0.5, 0.6) is 5.75 Å². The molecule has 3 aromatic rings. The van der Waals surface area contributed by atoms with Crippen molar-refractivity contribution in [3.8, 4) is 17.2 Å². The van der Waals surface area contributed by atoms with Crippen molar-refractivity contribution < 1.29 is 32.3 Å². The van der Waals surface area contributed by atoms with Crippen LogP contribution < -0.4 is 10.1 Å². The largest absolute Gasteiger partial charge is 0.573 e. The third-order valence-corrected chi connectivity index (χ3v) is 4.14. The van der Waals surface area contributed by atoms with Crippen molar-refractivity contribution >= 4 is 5.91 Å². The molecule has 0 aliphatic rings. The molecule has 0 spiro atoms. The van der Waals surface area contributed by atoms with Gasteiger partial charge in [0.25, 0.3) is 5.91 Å². The summed E-state index contributed by atoms with van der Waals surface area (Å²) in [6.07, 6.45) is -2.06. The lowest BCUT2D eigenvalue weighted by molar-refractivity contribution is -0.274. The molecule has 158 valence electrons. The van der Waals surface area contributed by atoms with E-state index < -0.39 is 29.7 Å². The zero-order chi connectivity index (χ0) is 21.9. The second-order valence-corrected chi connectivity index (χ2v) is 6.96. The molecule has 0 bridgehead atoms. The minimum Gasteiger partial charge on any atom is -0.406 e. The molecular formula is C20H18F3N3O4. The van der Waals surface area contributed by atoms with Crippen molar-refractivity contribution in [1.29, 1.82) is 0 Å². The summed E-state index contributed by atoms with van der Waals surface area (Å²) in [5, 5.41) is 16.9. The highest BCUT2D eigenvalue weighted by molar-refractivity contribution is 5.99. The van der Waals surface area contributed by atoms with Crippen molar-refractivity contribution in [1.82, 2.24) is 15.5 Å². The highest BCUT2D eigenvalue weighted by atomic mass is 19.4. The number of nitrogens with one attached hydrogen (secondary N) is 1. The number of hydrogen-bond donors (Lipinski definition) is 2. The number of carbonyl (C=O) groups excluding carboxylic acids is 1. The Bertz CT molecular complexity index is 997. The Morgan fingerprint density at radius 2 is 1.87 bits per heavy atom. The number of ether oxygens (including phenoxy) is 1. The van der Waals surface area contributed by atoms with Gasteiger partial charge in [0.1, 0.15) is 17.0 Å². The summed E-state index contributed by atoms with van der Waals surface area (Å²) >= 11 is 0. The van der Waals surface area contributed by atoms with Crippen LogP contribution in [0, 0.1) is 0 Å². The number of rotatable bonds is 6. The minimum atomic E-state index is -4.82. The van der Waals surface area contributed by atoms with E-state index in [1.165, 1.54) is 38.4 Å². The molecule has 0 radical (unpaired) electrons. The van der Waals surface area contributed by atoms with E-state index in [4.69, 9.17) is 4.52 Å². The Balaban J connectivity index is 1.85. The van der Waals surface area contributed by atoms with Gasteiger partial charge < -0.3 is 19.7 Å². The number of pyridine rings is 1. The highest BCUT2D eigenvalue weighted by Crippen LogP contribution is 2.30. The smallest absolute Gasteiger partial charge is 0.406 e. The lowest BCUT2D eigenvalue weighted by Gasteiger charge is -2.30. The molecule has 0 saturated carbocycles. The van der Waals surface area contributed by atoms with E-state index in [1.807, 2.05) is 0 Å². The van der Waals surface area contributed by atoms with E-state index >= 15 is 0 Å². The minimum absolute atomic E-state index is 0.0972. The first-order valence-corrected chi connectivity index (χ1v) is 8.79. The highest BCUT2D eigenvalue weighted by Gasteiger charge is 2.33. The van der Waals surface area contributed by atoms with Crippen LogP contribution in [-0.4, -0.2) is 33.1 Å². The quantitative estimate of drug-likeness (QED) is 0.627. The molecule has 7 nitrogen and oxygen atoms in total. The number of benzene rings is 1. The number of nitrogens with zero attached hydrogens (tertiary/aromatic N) is 2. The van der Waals surface area contributed by atoms with Crippen molar-refractivity contribution in [3.05, 3.63) is 66.0 Å². The van der Waals surface area contributed by atoms with Crippen molar-refractivity contribution in [3.63, 3.8) is 0 Å². The molecule has 1 atom stereocenters. The summed E-state index contributed by atoms with van der Waals surface area (Å²) in [7, 11) is 0. The number of amides is 1.